The lowest BCUT2D eigenvalue weighted by Crippen LogP contribution is -2.25. The minimum atomic E-state index is 0.114. The molecule has 0 aliphatic heterocycles. The van der Waals surface area contributed by atoms with Gasteiger partial charge in [0.1, 0.15) is 0 Å². The Kier molecular flexibility index (Phi) is 9.95. The van der Waals surface area contributed by atoms with Crippen LogP contribution in [-0.2, 0) is 5.41 Å². The first-order valence-corrected chi connectivity index (χ1v) is 15.2. The normalized spacial score (nSPS) is 13.5. The fourth-order valence-corrected chi connectivity index (χ4v) is 6.49. The minimum absolute atomic E-state index is 0.114. The molecule has 37 heavy (non-hydrogen) atoms. The van der Waals surface area contributed by atoms with Crippen LogP contribution in [0, 0.1) is 13.8 Å². The minimum Gasteiger partial charge on any atom is -0.257 e. The van der Waals surface area contributed by atoms with E-state index >= 15 is 0 Å². The van der Waals surface area contributed by atoms with Gasteiger partial charge in [-0.05, 0) is 55.0 Å². The van der Waals surface area contributed by atoms with Crippen LogP contribution in [0.25, 0.3) is 22.4 Å². The van der Waals surface area contributed by atoms with Crippen molar-refractivity contribution >= 4 is 0 Å². The van der Waals surface area contributed by atoms with Crippen LogP contribution in [0.2, 0.25) is 0 Å². The van der Waals surface area contributed by atoms with Crippen LogP contribution < -0.4 is 0 Å². The average Bonchev–Trinajstić information content (AvgIpc) is 3.19. The molecule has 1 aromatic heterocycles. The van der Waals surface area contributed by atoms with Gasteiger partial charge in [-0.15, -0.1) is 0 Å². The summed E-state index contributed by atoms with van der Waals surface area (Å²) in [6, 6.07) is 16.4. The number of aryl methyl sites for hydroxylation is 2. The van der Waals surface area contributed by atoms with Crippen molar-refractivity contribution < 1.29 is 0 Å². The Hall–Kier alpha value is -2.48. The lowest BCUT2D eigenvalue weighted by molar-refractivity contribution is 0.398. The van der Waals surface area contributed by atoms with Crippen molar-refractivity contribution in [3.05, 3.63) is 71.2 Å². The zero-order valence-electron chi connectivity index (χ0n) is 23.9. The lowest BCUT2D eigenvalue weighted by atomic mass is 9.70. The Morgan fingerprint density at radius 3 is 1.92 bits per heavy atom. The smallest absolute Gasteiger partial charge is 0.0917 e. The Morgan fingerprint density at radius 2 is 1.24 bits per heavy atom. The summed E-state index contributed by atoms with van der Waals surface area (Å²) in [5.74, 6) is 0. The fourth-order valence-electron chi connectivity index (χ4n) is 6.49. The van der Waals surface area contributed by atoms with Crippen LogP contribution in [0.5, 0.6) is 0 Å². The molecule has 2 aromatic carbocycles. The maximum absolute atomic E-state index is 4.91. The maximum atomic E-state index is 4.91. The summed E-state index contributed by atoms with van der Waals surface area (Å²) in [4.78, 5) is 9.54. The van der Waals surface area contributed by atoms with Gasteiger partial charge < -0.3 is 0 Å². The SMILES string of the molecule is CCCCCCCCC1(CCCCCCCC)c2ccccc2-c2ccc(-c3nc(C)cnc3C)cc21. The highest BCUT2D eigenvalue weighted by Crippen LogP contribution is 2.54. The first-order chi connectivity index (χ1) is 18.1. The van der Waals surface area contributed by atoms with Crippen LogP contribution >= 0.6 is 0 Å². The lowest BCUT2D eigenvalue weighted by Gasteiger charge is -2.33. The fraction of sp³-hybridized carbons (Fsp3) is 0.543. The van der Waals surface area contributed by atoms with Crippen molar-refractivity contribution in [1.29, 1.82) is 0 Å². The molecule has 0 fully saturated rings. The standard InChI is InChI=1S/C35H48N2/c1-5-7-9-11-13-17-23-35(24-18-14-12-10-8-6-2)32-20-16-15-19-30(32)31-22-21-29(25-33(31)35)34-28(4)36-26-27(3)37-34/h15-16,19-22,25-26H,5-14,17-18,23-24H2,1-4H3. The van der Waals surface area contributed by atoms with E-state index in [0.717, 1.165) is 17.1 Å². The average molecular weight is 497 g/mol. The van der Waals surface area contributed by atoms with Crippen molar-refractivity contribution in [3.8, 4) is 22.4 Å². The predicted octanol–water partition coefficient (Wildman–Crippen LogP) is 10.5. The zero-order chi connectivity index (χ0) is 26.1. The summed E-state index contributed by atoms with van der Waals surface area (Å²) in [7, 11) is 0. The second-order valence-electron chi connectivity index (χ2n) is 11.4. The van der Waals surface area contributed by atoms with Crippen molar-refractivity contribution in [2.45, 2.75) is 123 Å². The molecule has 3 aromatic rings. The molecule has 0 atom stereocenters. The van der Waals surface area contributed by atoms with Crippen molar-refractivity contribution in [3.63, 3.8) is 0 Å². The van der Waals surface area contributed by atoms with Gasteiger partial charge in [0.05, 0.1) is 17.1 Å². The first-order valence-electron chi connectivity index (χ1n) is 15.2. The van der Waals surface area contributed by atoms with Gasteiger partial charge in [-0.3, -0.25) is 4.98 Å². The number of nitrogens with zero attached hydrogens (tertiary/aromatic N) is 2. The maximum Gasteiger partial charge on any atom is 0.0917 e. The van der Waals surface area contributed by atoms with Crippen LogP contribution in [0.4, 0.5) is 0 Å². The molecule has 0 N–H and O–H groups in total. The molecule has 0 radical (unpaired) electrons. The summed E-state index contributed by atoms with van der Waals surface area (Å²) >= 11 is 0. The Bertz CT molecular complexity index is 1130. The van der Waals surface area contributed by atoms with E-state index in [4.69, 9.17) is 4.98 Å². The molecule has 2 heteroatoms. The second-order valence-corrected chi connectivity index (χ2v) is 11.4. The van der Waals surface area contributed by atoms with Crippen molar-refractivity contribution in [2.24, 2.45) is 0 Å². The Morgan fingerprint density at radius 1 is 0.649 bits per heavy atom. The van der Waals surface area contributed by atoms with E-state index in [0.29, 0.717) is 0 Å². The third-order valence-electron chi connectivity index (χ3n) is 8.53. The van der Waals surface area contributed by atoms with Crippen LogP contribution in [0.1, 0.15) is 126 Å². The molecule has 2 nitrogen and oxygen atoms in total. The van der Waals surface area contributed by atoms with Gasteiger partial charge in [0.25, 0.3) is 0 Å². The highest BCUT2D eigenvalue weighted by molar-refractivity contribution is 5.83. The first kappa shape index (κ1) is 27.6. The monoisotopic (exact) mass is 496 g/mol. The number of unbranched alkanes of at least 4 members (excludes halogenated alkanes) is 10. The Labute approximate surface area is 226 Å². The van der Waals surface area contributed by atoms with Crippen molar-refractivity contribution in [2.75, 3.05) is 0 Å². The molecule has 0 spiro atoms. The molecule has 0 unspecified atom stereocenters. The third kappa shape index (κ3) is 6.33. The molecule has 1 aliphatic rings. The summed E-state index contributed by atoms with van der Waals surface area (Å²) in [5, 5.41) is 0. The van der Waals surface area contributed by atoms with Gasteiger partial charge >= 0.3 is 0 Å². The molecule has 1 aliphatic carbocycles. The van der Waals surface area contributed by atoms with Gasteiger partial charge in [0.15, 0.2) is 0 Å². The Balaban J connectivity index is 1.69. The molecule has 4 rings (SSSR count). The molecule has 0 bridgehead atoms. The highest BCUT2D eigenvalue weighted by Gasteiger charge is 2.42. The van der Waals surface area contributed by atoms with E-state index in [9.17, 15) is 0 Å². The number of hydrogen-bond acceptors (Lipinski definition) is 2. The number of benzene rings is 2. The van der Waals surface area contributed by atoms with Crippen molar-refractivity contribution in [1.82, 2.24) is 9.97 Å². The summed E-state index contributed by atoms with van der Waals surface area (Å²) in [6.07, 6.45) is 20.5. The summed E-state index contributed by atoms with van der Waals surface area (Å²) in [5.41, 5.74) is 10.4. The number of aromatic nitrogens is 2. The number of hydrogen-bond donors (Lipinski definition) is 0. The van der Waals surface area contributed by atoms with Crippen LogP contribution in [0.3, 0.4) is 0 Å². The van der Waals surface area contributed by atoms with Gasteiger partial charge in [-0.2, -0.15) is 0 Å². The van der Waals surface area contributed by atoms with E-state index in [-0.39, 0.29) is 5.41 Å². The third-order valence-corrected chi connectivity index (χ3v) is 8.53. The number of fused-ring (bicyclic) bond motifs is 3. The second kappa shape index (κ2) is 13.4. The molecule has 0 saturated carbocycles. The van der Waals surface area contributed by atoms with Gasteiger partial charge in [-0.1, -0.05) is 127 Å². The highest BCUT2D eigenvalue weighted by atomic mass is 14.8. The van der Waals surface area contributed by atoms with E-state index in [2.05, 4.69) is 68.2 Å². The predicted molar refractivity (Wildman–Crippen MR) is 159 cm³/mol. The zero-order valence-corrected chi connectivity index (χ0v) is 23.9. The van der Waals surface area contributed by atoms with Gasteiger partial charge in [0.2, 0.25) is 0 Å². The molecule has 0 amide bonds. The molecule has 1 heterocycles. The van der Waals surface area contributed by atoms with E-state index in [1.165, 1.54) is 112 Å². The van der Waals surface area contributed by atoms with Gasteiger partial charge in [-0.25, -0.2) is 4.98 Å². The molecular weight excluding hydrogens is 448 g/mol. The summed E-state index contributed by atoms with van der Waals surface area (Å²) in [6.45, 7) is 8.74. The van der Waals surface area contributed by atoms with Gasteiger partial charge in [0, 0.05) is 17.2 Å². The van der Waals surface area contributed by atoms with E-state index < -0.39 is 0 Å². The molecule has 0 saturated heterocycles. The van der Waals surface area contributed by atoms with E-state index in [1.54, 1.807) is 5.56 Å². The summed E-state index contributed by atoms with van der Waals surface area (Å²) < 4.78 is 0. The molecule has 198 valence electrons. The van der Waals surface area contributed by atoms with Crippen LogP contribution in [-0.4, -0.2) is 9.97 Å². The number of rotatable bonds is 15. The molecular formula is C35H48N2. The quantitative estimate of drug-likeness (QED) is 0.196. The van der Waals surface area contributed by atoms with Crippen LogP contribution in [0.15, 0.2) is 48.7 Å². The largest absolute Gasteiger partial charge is 0.257 e. The van der Waals surface area contributed by atoms with E-state index in [1.807, 2.05) is 13.1 Å². The topological polar surface area (TPSA) is 25.8 Å².